The quantitative estimate of drug-likeness (QED) is 0.304. The molecule has 0 rings (SSSR count). The van der Waals surface area contributed by atoms with Crippen LogP contribution in [0, 0.1) is 5.41 Å². The second-order valence-corrected chi connectivity index (χ2v) is 0.938. The smallest absolute Gasteiger partial charge is 0.173 e. The second kappa shape index (κ2) is 2.45. The van der Waals surface area contributed by atoms with E-state index in [9.17, 15) is 0 Å². The molecule has 0 spiro atoms. The van der Waals surface area contributed by atoms with Crippen LogP contribution < -0.4 is 0 Å². The van der Waals surface area contributed by atoms with Crippen LogP contribution in [0.4, 0.5) is 0 Å². The van der Waals surface area contributed by atoms with Crippen LogP contribution in [0.2, 0.25) is 0 Å². The molecule has 0 radical (unpaired) electrons. The van der Waals surface area contributed by atoms with E-state index < -0.39 is 0 Å². The molecule has 0 aliphatic heterocycles. The van der Waals surface area contributed by atoms with Crippen LogP contribution in [0.25, 0.3) is 0 Å². The molecule has 34 valence electrons. The predicted octanol–water partition coefficient (Wildman–Crippen LogP) is 1.14. The highest BCUT2D eigenvalue weighted by atomic mass is 16.5. The van der Waals surface area contributed by atoms with Crippen LogP contribution in [0.15, 0.2) is 12.3 Å². The Morgan fingerprint density at radius 2 is 2.50 bits per heavy atom. The van der Waals surface area contributed by atoms with Gasteiger partial charge in [-0.05, 0) is 6.92 Å². The minimum atomic E-state index is 0.546. The van der Waals surface area contributed by atoms with Crippen LogP contribution in [0.3, 0.4) is 0 Å². The highest BCUT2D eigenvalue weighted by Gasteiger charge is 1.70. The highest BCUT2D eigenvalue weighted by Crippen LogP contribution is 1.81. The van der Waals surface area contributed by atoms with Crippen molar-refractivity contribution in [3.63, 3.8) is 0 Å². The summed E-state index contributed by atoms with van der Waals surface area (Å²) >= 11 is 0. The Labute approximate surface area is 36.9 Å². The lowest BCUT2D eigenvalue weighted by atomic mass is 10.7. The summed E-state index contributed by atoms with van der Waals surface area (Å²) in [5, 5.41) is 6.32. The number of hydrogen-bond donors (Lipinski definition) is 1. The van der Waals surface area contributed by atoms with Gasteiger partial charge in [-0.15, -0.1) is 0 Å². The molecule has 0 fully saturated rings. The summed E-state index contributed by atoms with van der Waals surface area (Å²) in [5.74, 6) is 0.546. The molecule has 0 saturated carbocycles. The van der Waals surface area contributed by atoms with Gasteiger partial charge >= 0.3 is 0 Å². The maximum atomic E-state index is 6.32. The summed E-state index contributed by atoms with van der Waals surface area (Å²) in [4.78, 5) is 0. The molecule has 1 N–H and O–H groups in total. The lowest BCUT2D eigenvalue weighted by molar-refractivity contribution is 0.436. The Balaban J connectivity index is 3.05. The van der Waals surface area contributed by atoms with Crippen molar-refractivity contribution in [2.75, 3.05) is 0 Å². The molecule has 0 aliphatic carbocycles. The molecule has 0 amide bonds. The predicted molar refractivity (Wildman–Crippen MR) is 24.7 cm³/mol. The van der Waals surface area contributed by atoms with Crippen molar-refractivity contribution in [3.8, 4) is 0 Å². The molecule has 0 aromatic heterocycles. The Bertz CT molecular complexity index is 67.9. The van der Waals surface area contributed by atoms with E-state index in [2.05, 4.69) is 11.3 Å². The van der Waals surface area contributed by atoms with Gasteiger partial charge in [0, 0.05) is 0 Å². The zero-order valence-electron chi connectivity index (χ0n) is 3.69. The maximum absolute atomic E-state index is 6.32. The first-order valence-electron chi connectivity index (χ1n) is 1.58. The molecule has 2 heteroatoms. The fourth-order valence-electron chi connectivity index (χ4n) is 0.101. The van der Waals surface area contributed by atoms with Crippen molar-refractivity contribution in [2.45, 2.75) is 6.92 Å². The standard InChI is InChI=1S/C4H7NO/c1-4(2)6-3-5/h3,5H,1H2,2H3. The first-order valence-corrected chi connectivity index (χ1v) is 1.58. The van der Waals surface area contributed by atoms with Crippen LogP contribution in [-0.2, 0) is 4.74 Å². The van der Waals surface area contributed by atoms with Gasteiger partial charge < -0.3 is 4.74 Å². The van der Waals surface area contributed by atoms with Gasteiger partial charge in [0.05, 0.1) is 5.76 Å². The van der Waals surface area contributed by atoms with Crippen molar-refractivity contribution < 1.29 is 4.74 Å². The van der Waals surface area contributed by atoms with E-state index in [0.717, 1.165) is 6.40 Å². The van der Waals surface area contributed by atoms with E-state index in [1.54, 1.807) is 6.92 Å². The topological polar surface area (TPSA) is 33.1 Å². The maximum Gasteiger partial charge on any atom is 0.173 e. The van der Waals surface area contributed by atoms with Gasteiger partial charge in [-0.25, -0.2) is 0 Å². The fourth-order valence-corrected chi connectivity index (χ4v) is 0.101. The summed E-state index contributed by atoms with van der Waals surface area (Å²) in [6, 6.07) is 0. The van der Waals surface area contributed by atoms with E-state index in [-0.39, 0.29) is 0 Å². The van der Waals surface area contributed by atoms with Gasteiger partial charge in [0.15, 0.2) is 6.40 Å². The number of nitrogens with one attached hydrogen (secondary N) is 1. The van der Waals surface area contributed by atoms with Gasteiger partial charge in [-0.2, -0.15) is 0 Å². The fraction of sp³-hybridized carbons (Fsp3) is 0.250. The van der Waals surface area contributed by atoms with Crippen molar-refractivity contribution in [1.82, 2.24) is 0 Å². The molecule has 6 heavy (non-hydrogen) atoms. The van der Waals surface area contributed by atoms with E-state index in [1.807, 2.05) is 0 Å². The van der Waals surface area contributed by atoms with Crippen LogP contribution in [0.5, 0.6) is 0 Å². The summed E-state index contributed by atoms with van der Waals surface area (Å²) in [6.45, 7) is 5.06. The van der Waals surface area contributed by atoms with Gasteiger partial charge in [0.2, 0.25) is 0 Å². The normalized spacial score (nSPS) is 6.83. The molecule has 2 nitrogen and oxygen atoms in total. The lowest BCUT2D eigenvalue weighted by Gasteiger charge is -1.88. The molecule has 0 unspecified atom stereocenters. The van der Waals surface area contributed by atoms with Crippen molar-refractivity contribution in [3.05, 3.63) is 12.3 Å². The number of rotatable bonds is 2. The summed E-state index contributed by atoms with van der Waals surface area (Å²) in [6.07, 6.45) is 0.850. The second-order valence-electron chi connectivity index (χ2n) is 0.938. The van der Waals surface area contributed by atoms with Gasteiger partial charge in [0.25, 0.3) is 0 Å². The summed E-state index contributed by atoms with van der Waals surface area (Å²) < 4.78 is 4.39. The third kappa shape index (κ3) is 3.21. The molecule has 0 aromatic rings. The van der Waals surface area contributed by atoms with Crippen molar-refractivity contribution in [2.24, 2.45) is 0 Å². The molecule has 0 bridgehead atoms. The zero-order valence-corrected chi connectivity index (χ0v) is 3.69. The Morgan fingerprint density at radius 1 is 2.00 bits per heavy atom. The number of hydrogen-bond acceptors (Lipinski definition) is 2. The van der Waals surface area contributed by atoms with Crippen molar-refractivity contribution >= 4 is 6.40 Å². The van der Waals surface area contributed by atoms with E-state index in [0.29, 0.717) is 5.76 Å². The minimum absolute atomic E-state index is 0.546. The highest BCUT2D eigenvalue weighted by molar-refractivity contribution is 5.42. The van der Waals surface area contributed by atoms with E-state index in [4.69, 9.17) is 5.41 Å². The molecule has 0 saturated heterocycles. The van der Waals surface area contributed by atoms with E-state index in [1.165, 1.54) is 0 Å². The monoisotopic (exact) mass is 85.1 g/mol. The third-order valence-corrected chi connectivity index (χ3v) is 0.260. The molecule has 0 aliphatic rings. The summed E-state index contributed by atoms with van der Waals surface area (Å²) in [5.41, 5.74) is 0. The average molecular weight is 85.1 g/mol. The van der Waals surface area contributed by atoms with Crippen molar-refractivity contribution in [1.29, 1.82) is 5.41 Å². The molecular weight excluding hydrogens is 78.1 g/mol. The van der Waals surface area contributed by atoms with Gasteiger partial charge in [-0.1, -0.05) is 6.58 Å². The van der Waals surface area contributed by atoms with Gasteiger partial charge in [-0.3, -0.25) is 5.41 Å². The first kappa shape index (κ1) is 5.21. The first-order chi connectivity index (χ1) is 2.77. The Kier molecular flexibility index (Phi) is 2.13. The zero-order chi connectivity index (χ0) is 4.99. The average Bonchev–Trinajstić information content (AvgIpc) is 1.35. The van der Waals surface area contributed by atoms with Crippen LogP contribution in [0.1, 0.15) is 6.92 Å². The largest absolute Gasteiger partial charge is 0.452 e. The Morgan fingerprint density at radius 3 is 2.50 bits per heavy atom. The minimum Gasteiger partial charge on any atom is -0.452 e. The SMILES string of the molecule is C=C(C)OC=N. The summed E-state index contributed by atoms with van der Waals surface area (Å²) in [7, 11) is 0. The van der Waals surface area contributed by atoms with Gasteiger partial charge in [0.1, 0.15) is 0 Å². The molecule has 0 aromatic carbocycles. The number of allylic oxidation sites excluding steroid dienone is 1. The third-order valence-electron chi connectivity index (χ3n) is 0.260. The van der Waals surface area contributed by atoms with Crippen LogP contribution >= 0.6 is 0 Å². The Hall–Kier alpha value is -0.790. The lowest BCUT2D eigenvalue weighted by Crippen LogP contribution is -1.77. The molecule has 0 atom stereocenters. The molecule has 0 heterocycles. The molecular formula is C4H7NO. The van der Waals surface area contributed by atoms with Crippen LogP contribution in [-0.4, -0.2) is 6.40 Å². The van der Waals surface area contributed by atoms with E-state index >= 15 is 0 Å². The number of ether oxygens (including phenoxy) is 1.